The first-order valence-electron chi connectivity index (χ1n) is 4.94. The average molecular weight is 597 g/mol. The summed E-state index contributed by atoms with van der Waals surface area (Å²) in [6, 6.07) is 7.91. The molecule has 0 saturated heterocycles. The molecule has 2 aromatic rings. The van der Waals surface area contributed by atoms with Crippen molar-refractivity contribution < 1.29 is 4.74 Å². The molecule has 0 unspecified atom stereocenters. The molecule has 0 radical (unpaired) electrons. The van der Waals surface area contributed by atoms with E-state index in [4.69, 9.17) is 16.3 Å². The third kappa shape index (κ3) is 4.07. The third-order valence-corrected chi connectivity index (χ3v) is 4.57. The molecule has 2 rings (SSSR count). The number of nitrogens with zero attached hydrogens (tertiary/aromatic N) is 1. The molecular formula is C12H7ClI3NO. The number of hydrogen-bond acceptors (Lipinski definition) is 2. The minimum absolute atomic E-state index is 0.489. The number of aromatic nitrogens is 1. The fourth-order valence-electron chi connectivity index (χ4n) is 1.35. The van der Waals surface area contributed by atoms with Crippen LogP contribution in [0.25, 0.3) is 0 Å². The van der Waals surface area contributed by atoms with Crippen molar-refractivity contribution in [2.75, 3.05) is 0 Å². The Morgan fingerprint density at radius 2 is 1.78 bits per heavy atom. The van der Waals surface area contributed by atoms with Crippen LogP contribution in [0.15, 0.2) is 30.5 Å². The zero-order chi connectivity index (χ0) is 13.1. The molecule has 2 nitrogen and oxygen atoms in total. The van der Waals surface area contributed by atoms with Crippen molar-refractivity contribution in [3.05, 3.63) is 51.9 Å². The van der Waals surface area contributed by atoms with E-state index in [0.717, 1.165) is 18.5 Å². The number of benzene rings is 1. The lowest BCUT2D eigenvalue weighted by Crippen LogP contribution is -1.99. The van der Waals surface area contributed by atoms with Crippen molar-refractivity contribution in [1.82, 2.24) is 4.98 Å². The monoisotopic (exact) mass is 597 g/mol. The lowest BCUT2D eigenvalue weighted by atomic mass is 10.3. The summed E-state index contributed by atoms with van der Waals surface area (Å²) in [5.74, 6) is 0.921. The Bertz CT molecular complexity index is 554. The van der Waals surface area contributed by atoms with Crippen LogP contribution in [-0.2, 0) is 6.61 Å². The van der Waals surface area contributed by atoms with E-state index in [1.807, 2.05) is 12.1 Å². The van der Waals surface area contributed by atoms with Crippen molar-refractivity contribution in [1.29, 1.82) is 0 Å². The van der Waals surface area contributed by atoms with E-state index in [-0.39, 0.29) is 0 Å². The van der Waals surface area contributed by atoms with Gasteiger partial charge in [-0.2, -0.15) is 0 Å². The van der Waals surface area contributed by atoms with Crippen molar-refractivity contribution >= 4 is 79.4 Å². The van der Waals surface area contributed by atoms with Crippen LogP contribution in [0, 0.1) is 10.7 Å². The molecular weight excluding hydrogens is 590 g/mol. The van der Waals surface area contributed by atoms with Crippen LogP contribution >= 0.6 is 79.4 Å². The summed E-state index contributed by atoms with van der Waals surface area (Å²) in [5.41, 5.74) is 1.01. The molecule has 0 fully saturated rings. The van der Waals surface area contributed by atoms with Crippen molar-refractivity contribution in [3.8, 4) is 5.75 Å². The van der Waals surface area contributed by atoms with Crippen LogP contribution in [0.1, 0.15) is 5.56 Å². The highest BCUT2D eigenvalue weighted by atomic mass is 127. The fourth-order valence-corrected chi connectivity index (χ4v) is 5.45. The van der Waals surface area contributed by atoms with Gasteiger partial charge in [-0.3, -0.25) is 0 Å². The van der Waals surface area contributed by atoms with Gasteiger partial charge in [-0.15, -0.1) is 0 Å². The Morgan fingerprint density at radius 3 is 2.39 bits per heavy atom. The number of rotatable bonds is 3. The van der Waals surface area contributed by atoms with Gasteiger partial charge in [-0.05, 0) is 97.6 Å². The second kappa shape index (κ2) is 6.89. The van der Waals surface area contributed by atoms with Gasteiger partial charge in [0.05, 0.1) is 7.14 Å². The molecule has 0 amide bonds. The summed E-state index contributed by atoms with van der Waals surface area (Å²) in [5, 5.41) is 0.489. The molecule has 1 aromatic heterocycles. The Labute approximate surface area is 151 Å². The second-order valence-electron chi connectivity index (χ2n) is 3.47. The smallest absolute Gasteiger partial charge is 0.146 e. The largest absolute Gasteiger partial charge is 0.487 e. The summed E-state index contributed by atoms with van der Waals surface area (Å²) in [6.45, 7) is 0.495. The standard InChI is InChI=1S/C12H7ClI3NO/c13-11-3-7(1-2-17-11)6-18-12-9(15)4-8(14)5-10(12)16/h1-5H,6H2. The summed E-state index contributed by atoms with van der Waals surface area (Å²) in [6.07, 6.45) is 1.69. The van der Waals surface area contributed by atoms with Gasteiger partial charge in [0.2, 0.25) is 0 Å². The van der Waals surface area contributed by atoms with Crippen LogP contribution in [0.4, 0.5) is 0 Å². The molecule has 18 heavy (non-hydrogen) atoms. The SMILES string of the molecule is Clc1cc(COc2c(I)cc(I)cc2I)ccn1. The minimum Gasteiger partial charge on any atom is -0.487 e. The summed E-state index contributed by atoms with van der Waals surface area (Å²) in [4.78, 5) is 3.95. The van der Waals surface area contributed by atoms with Gasteiger partial charge < -0.3 is 4.74 Å². The van der Waals surface area contributed by atoms with Crippen LogP contribution in [0.3, 0.4) is 0 Å². The normalized spacial score (nSPS) is 10.4. The highest BCUT2D eigenvalue weighted by Crippen LogP contribution is 2.30. The maximum absolute atomic E-state index is 5.86. The summed E-state index contributed by atoms with van der Waals surface area (Å²) < 4.78 is 9.30. The van der Waals surface area contributed by atoms with Crippen LogP contribution < -0.4 is 4.74 Å². The van der Waals surface area contributed by atoms with Gasteiger partial charge >= 0.3 is 0 Å². The number of pyridine rings is 1. The number of ether oxygens (including phenoxy) is 1. The molecule has 0 aliphatic carbocycles. The van der Waals surface area contributed by atoms with Crippen LogP contribution in [0.2, 0.25) is 5.15 Å². The van der Waals surface area contributed by atoms with E-state index in [1.54, 1.807) is 6.20 Å². The van der Waals surface area contributed by atoms with E-state index in [0.29, 0.717) is 11.8 Å². The molecule has 0 spiro atoms. The Balaban J connectivity index is 2.16. The number of hydrogen-bond donors (Lipinski definition) is 0. The fraction of sp³-hybridized carbons (Fsp3) is 0.0833. The minimum atomic E-state index is 0.489. The second-order valence-corrected chi connectivity index (χ2v) is 7.43. The molecule has 0 atom stereocenters. The zero-order valence-corrected chi connectivity index (χ0v) is 16.2. The maximum atomic E-state index is 5.86. The lowest BCUT2D eigenvalue weighted by molar-refractivity contribution is 0.301. The van der Waals surface area contributed by atoms with E-state index < -0.39 is 0 Å². The predicted molar refractivity (Wildman–Crippen MR) is 98.2 cm³/mol. The summed E-state index contributed by atoms with van der Waals surface area (Å²) >= 11 is 12.7. The number of halogens is 4. The molecule has 0 N–H and O–H groups in total. The molecule has 6 heteroatoms. The Morgan fingerprint density at radius 1 is 1.11 bits per heavy atom. The molecule has 0 aliphatic rings. The molecule has 0 bridgehead atoms. The molecule has 1 aromatic carbocycles. The average Bonchev–Trinajstić information content (AvgIpc) is 2.27. The first kappa shape index (κ1) is 15.0. The predicted octanol–water partition coefficient (Wildman–Crippen LogP) is 5.13. The lowest BCUT2D eigenvalue weighted by Gasteiger charge is -2.11. The zero-order valence-electron chi connectivity index (χ0n) is 8.96. The van der Waals surface area contributed by atoms with Crippen molar-refractivity contribution in [2.24, 2.45) is 0 Å². The highest BCUT2D eigenvalue weighted by molar-refractivity contribution is 14.1. The van der Waals surface area contributed by atoms with Gasteiger partial charge in [0.1, 0.15) is 17.5 Å². The van der Waals surface area contributed by atoms with E-state index in [2.05, 4.69) is 84.9 Å². The first-order chi connectivity index (χ1) is 8.56. The van der Waals surface area contributed by atoms with Gasteiger partial charge in [0.15, 0.2) is 0 Å². The van der Waals surface area contributed by atoms with Gasteiger partial charge in [0.25, 0.3) is 0 Å². The first-order valence-corrected chi connectivity index (χ1v) is 8.55. The summed E-state index contributed by atoms with van der Waals surface area (Å²) in [7, 11) is 0. The topological polar surface area (TPSA) is 22.1 Å². The van der Waals surface area contributed by atoms with Gasteiger partial charge in [0, 0.05) is 9.77 Å². The maximum Gasteiger partial charge on any atom is 0.146 e. The highest BCUT2D eigenvalue weighted by Gasteiger charge is 2.08. The Kier molecular flexibility index (Phi) is 5.76. The molecule has 0 saturated carbocycles. The van der Waals surface area contributed by atoms with Gasteiger partial charge in [-0.1, -0.05) is 11.6 Å². The van der Waals surface area contributed by atoms with Crippen LogP contribution in [0.5, 0.6) is 5.75 Å². The van der Waals surface area contributed by atoms with E-state index in [9.17, 15) is 0 Å². The molecule has 0 aliphatic heterocycles. The van der Waals surface area contributed by atoms with Crippen molar-refractivity contribution in [2.45, 2.75) is 6.61 Å². The molecule has 1 heterocycles. The Hall–Kier alpha value is 0.650. The molecule has 94 valence electrons. The quantitative estimate of drug-likeness (QED) is 0.362. The van der Waals surface area contributed by atoms with Crippen molar-refractivity contribution in [3.63, 3.8) is 0 Å². The van der Waals surface area contributed by atoms with E-state index in [1.165, 1.54) is 3.57 Å². The van der Waals surface area contributed by atoms with Crippen LogP contribution in [-0.4, -0.2) is 4.98 Å². The van der Waals surface area contributed by atoms with E-state index >= 15 is 0 Å². The third-order valence-electron chi connectivity index (χ3n) is 2.14. The van der Waals surface area contributed by atoms with Gasteiger partial charge in [-0.25, -0.2) is 4.98 Å².